The highest BCUT2D eigenvalue weighted by molar-refractivity contribution is 7.93. The first-order valence-electron chi connectivity index (χ1n) is 9.97. The van der Waals surface area contributed by atoms with Crippen molar-refractivity contribution in [3.8, 4) is 0 Å². The Labute approximate surface area is 170 Å². The maximum absolute atomic E-state index is 13.0. The van der Waals surface area contributed by atoms with E-state index in [0.717, 1.165) is 30.0 Å². The summed E-state index contributed by atoms with van der Waals surface area (Å²) in [5.74, 6) is 0. The SMILES string of the molecule is O=S1(=O)c2cccc3cccc(c23)N1C[C@H](O)CO[C@@H]1CCCc2ccccc21. The van der Waals surface area contributed by atoms with E-state index in [-0.39, 0.29) is 19.3 Å². The average molecular weight is 410 g/mol. The summed E-state index contributed by atoms with van der Waals surface area (Å²) in [7, 11) is -3.67. The van der Waals surface area contributed by atoms with Crippen molar-refractivity contribution in [3.63, 3.8) is 0 Å². The standard InChI is InChI=1S/C23H23NO4S/c25-18(15-28-21-12-4-7-16-6-1-2-10-19(16)21)14-24-20-11-3-8-17-9-5-13-22(23(17)20)29(24,26)27/h1-3,5-6,8-11,13,18,21,25H,4,7,12,14-15H2/t18-,21+/m0/s1. The number of sulfonamides is 1. The van der Waals surface area contributed by atoms with Crippen molar-refractivity contribution < 1.29 is 18.3 Å². The Morgan fingerprint density at radius 2 is 1.86 bits per heavy atom. The van der Waals surface area contributed by atoms with Crippen LogP contribution >= 0.6 is 0 Å². The van der Waals surface area contributed by atoms with Crippen LogP contribution in [0, 0.1) is 0 Å². The van der Waals surface area contributed by atoms with E-state index in [1.165, 1.54) is 15.4 Å². The molecule has 0 unspecified atom stereocenters. The van der Waals surface area contributed by atoms with Crippen LogP contribution in [0.5, 0.6) is 0 Å². The molecule has 1 aliphatic heterocycles. The summed E-state index contributed by atoms with van der Waals surface area (Å²) in [6, 6.07) is 19.1. The number of aryl methyl sites for hydroxylation is 1. The van der Waals surface area contributed by atoms with E-state index in [1.807, 2.05) is 30.3 Å². The lowest BCUT2D eigenvalue weighted by Crippen LogP contribution is -2.37. The first-order valence-corrected chi connectivity index (χ1v) is 11.4. The van der Waals surface area contributed by atoms with Crippen molar-refractivity contribution in [1.82, 2.24) is 0 Å². The van der Waals surface area contributed by atoms with Crippen LogP contribution in [0.3, 0.4) is 0 Å². The van der Waals surface area contributed by atoms with E-state index < -0.39 is 16.1 Å². The monoisotopic (exact) mass is 409 g/mol. The highest BCUT2D eigenvalue weighted by atomic mass is 32.2. The van der Waals surface area contributed by atoms with Crippen LogP contribution in [-0.2, 0) is 21.2 Å². The number of β-amino-alcohol motifs (C(OH)–C–C–N with tert-alkyl or cyclic N) is 1. The molecule has 0 amide bonds. The summed E-state index contributed by atoms with van der Waals surface area (Å²) in [4.78, 5) is 0.305. The van der Waals surface area contributed by atoms with Crippen LogP contribution in [0.4, 0.5) is 5.69 Å². The van der Waals surface area contributed by atoms with Gasteiger partial charge in [-0.05, 0) is 47.9 Å². The van der Waals surface area contributed by atoms with Gasteiger partial charge in [0.2, 0.25) is 0 Å². The van der Waals surface area contributed by atoms with Crippen LogP contribution in [-0.4, -0.2) is 32.8 Å². The maximum Gasteiger partial charge on any atom is 0.265 e. The molecule has 6 heteroatoms. The van der Waals surface area contributed by atoms with E-state index in [0.29, 0.717) is 10.6 Å². The summed E-state index contributed by atoms with van der Waals surface area (Å²) >= 11 is 0. The number of rotatable bonds is 5. The molecule has 0 bridgehead atoms. The summed E-state index contributed by atoms with van der Waals surface area (Å²) in [6.07, 6.45) is 2.05. The Balaban J connectivity index is 1.33. The van der Waals surface area contributed by atoms with Gasteiger partial charge < -0.3 is 9.84 Å². The number of aliphatic hydroxyl groups is 1. The molecule has 0 spiro atoms. The van der Waals surface area contributed by atoms with E-state index in [4.69, 9.17) is 4.74 Å². The number of nitrogens with zero attached hydrogens (tertiary/aromatic N) is 1. The number of anilines is 1. The molecule has 1 aliphatic carbocycles. The Kier molecular flexibility index (Phi) is 4.57. The lowest BCUT2D eigenvalue weighted by atomic mass is 9.89. The van der Waals surface area contributed by atoms with E-state index >= 15 is 0 Å². The normalized spacial score (nSPS) is 20.6. The van der Waals surface area contributed by atoms with Gasteiger partial charge in [-0.1, -0.05) is 48.5 Å². The summed E-state index contributed by atoms with van der Waals surface area (Å²) in [6.45, 7) is 0.0713. The Bertz CT molecular complexity index is 1170. The van der Waals surface area contributed by atoms with E-state index in [1.54, 1.807) is 18.2 Å². The van der Waals surface area contributed by atoms with E-state index in [9.17, 15) is 13.5 Å². The molecule has 29 heavy (non-hydrogen) atoms. The molecule has 2 atom stereocenters. The van der Waals surface area contributed by atoms with Crippen molar-refractivity contribution in [2.45, 2.75) is 36.4 Å². The fraction of sp³-hybridized carbons (Fsp3) is 0.304. The first kappa shape index (κ1) is 18.6. The second-order valence-corrected chi connectivity index (χ2v) is 9.57. The van der Waals surface area contributed by atoms with Crippen LogP contribution < -0.4 is 4.31 Å². The van der Waals surface area contributed by atoms with Crippen LogP contribution in [0.2, 0.25) is 0 Å². The third kappa shape index (κ3) is 3.12. The van der Waals surface area contributed by atoms with Crippen molar-refractivity contribution in [3.05, 3.63) is 71.8 Å². The van der Waals surface area contributed by atoms with Crippen molar-refractivity contribution >= 4 is 26.5 Å². The lowest BCUT2D eigenvalue weighted by Gasteiger charge is -2.28. The molecule has 0 saturated heterocycles. The second-order valence-electron chi connectivity index (χ2n) is 7.73. The molecule has 0 radical (unpaired) electrons. The molecule has 1 heterocycles. The zero-order valence-electron chi connectivity index (χ0n) is 16.0. The van der Waals surface area contributed by atoms with Gasteiger partial charge in [-0.15, -0.1) is 0 Å². The maximum atomic E-state index is 13.0. The minimum absolute atomic E-state index is 0.0233. The van der Waals surface area contributed by atoms with Gasteiger partial charge in [0, 0.05) is 5.39 Å². The molecular weight excluding hydrogens is 386 g/mol. The predicted molar refractivity (Wildman–Crippen MR) is 113 cm³/mol. The number of hydrogen-bond donors (Lipinski definition) is 1. The Morgan fingerprint density at radius 3 is 2.72 bits per heavy atom. The molecule has 3 aromatic carbocycles. The minimum Gasteiger partial charge on any atom is -0.389 e. The van der Waals surface area contributed by atoms with Gasteiger partial charge in [0.1, 0.15) is 0 Å². The fourth-order valence-corrected chi connectivity index (χ4v) is 6.26. The number of aliphatic hydroxyl groups excluding tert-OH is 1. The zero-order chi connectivity index (χ0) is 20.0. The lowest BCUT2D eigenvalue weighted by molar-refractivity contribution is -0.0137. The number of fused-ring (bicyclic) bond motifs is 1. The zero-order valence-corrected chi connectivity index (χ0v) is 16.8. The molecule has 0 fully saturated rings. The predicted octanol–water partition coefficient (Wildman–Crippen LogP) is 3.80. The quantitative estimate of drug-likeness (QED) is 0.696. The van der Waals surface area contributed by atoms with Crippen molar-refractivity contribution in [2.24, 2.45) is 0 Å². The third-order valence-electron chi connectivity index (χ3n) is 5.86. The smallest absolute Gasteiger partial charge is 0.265 e. The highest BCUT2D eigenvalue weighted by Crippen LogP contribution is 2.42. The van der Waals surface area contributed by atoms with Gasteiger partial charge in [0.25, 0.3) is 10.0 Å². The summed E-state index contributed by atoms with van der Waals surface area (Å²) in [5, 5.41) is 12.2. The molecule has 150 valence electrons. The van der Waals surface area contributed by atoms with E-state index in [2.05, 4.69) is 12.1 Å². The molecule has 5 nitrogen and oxygen atoms in total. The first-order chi connectivity index (χ1) is 14.1. The van der Waals surface area contributed by atoms with Gasteiger partial charge in [0.15, 0.2) is 0 Å². The van der Waals surface area contributed by atoms with Crippen molar-refractivity contribution in [2.75, 3.05) is 17.5 Å². The van der Waals surface area contributed by atoms with Crippen LogP contribution in [0.15, 0.2) is 65.6 Å². The average Bonchev–Trinajstić information content (AvgIpc) is 2.95. The fourth-order valence-electron chi connectivity index (χ4n) is 4.51. The van der Waals surface area contributed by atoms with Gasteiger partial charge in [-0.25, -0.2) is 8.42 Å². The molecule has 3 aromatic rings. The van der Waals surface area contributed by atoms with Crippen LogP contribution in [0.25, 0.3) is 10.8 Å². The van der Waals surface area contributed by atoms with Gasteiger partial charge >= 0.3 is 0 Å². The summed E-state index contributed by atoms with van der Waals surface area (Å²) in [5.41, 5.74) is 3.10. The molecule has 1 N–H and O–H groups in total. The molecule has 0 saturated carbocycles. The highest BCUT2D eigenvalue weighted by Gasteiger charge is 2.36. The van der Waals surface area contributed by atoms with Crippen molar-refractivity contribution in [1.29, 1.82) is 0 Å². The molecule has 5 rings (SSSR count). The van der Waals surface area contributed by atoms with Gasteiger partial charge in [0.05, 0.1) is 35.9 Å². The number of hydrogen-bond acceptors (Lipinski definition) is 4. The molecular formula is C23H23NO4S. The Hall–Kier alpha value is -2.41. The van der Waals surface area contributed by atoms with Gasteiger partial charge in [-0.3, -0.25) is 4.31 Å². The Morgan fingerprint density at radius 1 is 1.07 bits per heavy atom. The number of benzene rings is 3. The minimum atomic E-state index is -3.67. The second kappa shape index (κ2) is 7.13. The third-order valence-corrected chi connectivity index (χ3v) is 7.68. The molecule has 2 aliphatic rings. The summed E-state index contributed by atoms with van der Waals surface area (Å²) < 4.78 is 33.4. The van der Waals surface area contributed by atoms with Crippen LogP contribution in [0.1, 0.15) is 30.1 Å². The topological polar surface area (TPSA) is 66.8 Å². The number of ether oxygens (including phenoxy) is 1. The largest absolute Gasteiger partial charge is 0.389 e. The molecule has 0 aromatic heterocycles. The van der Waals surface area contributed by atoms with Gasteiger partial charge in [-0.2, -0.15) is 0 Å².